The first-order chi connectivity index (χ1) is 36.0. The Bertz CT molecular complexity index is 3310. The van der Waals surface area contributed by atoms with E-state index in [2.05, 4.69) is 116 Å². The second-order valence-corrected chi connectivity index (χ2v) is 30.9. The SMILES string of the molecule is COC(=O)CCC1=C(C)c2nc1cc1nc(c(-c3cccc(C#C[Si](C)(C)C)c3)c3[nH]c(cc4[nH]c(c(C)c4CCC(=O)OC)c2-c2cccc(C#C[Si](C)(C)C)c2)c(CCC(=O)OC)c3C)C(C)=C1CCC(=O)OC. The fraction of sp³-hybridized carbons (Fsp3) is 0.355. The van der Waals surface area contributed by atoms with Gasteiger partial charge in [-0.1, -0.05) is 75.4 Å². The third kappa shape index (κ3) is 12.9. The number of esters is 4. The number of hydrogen-bond donors (Lipinski definition) is 2. The molecule has 0 aliphatic carbocycles. The third-order valence-corrected chi connectivity index (χ3v) is 15.5. The molecule has 2 aliphatic heterocycles. The summed E-state index contributed by atoms with van der Waals surface area (Å²) in [5.41, 5.74) is 24.8. The van der Waals surface area contributed by atoms with Gasteiger partial charge in [-0.05, 0) is 145 Å². The highest BCUT2D eigenvalue weighted by atomic mass is 28.3. The van der Waals surface area contributed by atoms with Crippen molar-refractivity contribution in [2.24, 2.45) is 0 Å². The van der Waals surface area contributed by atoms with E-state index < -0.39 is 16.1 Å². The van der Waals surface area contributed by atoms with E-state index >= 15 is 0 Å². The van der Waals surface area contributed by atoms with Crippen molar-refractivity contribution in [3.63, 3.8) is 0 Å². The number of nitrogens with zero attached hydrogens (tertiary/aromatic N) is 2. The van der Waals surface area contributed by atoms with Crippen LogP contribution in [0.4, 0.5) is 0 Å². The Morgan fingerprint density at radius 1 is 0.500 bits per heavy atom. The van der Waals surface area contributed by atoms with Crippen LogP contribution in [0.5, 0.6) is 0 Å². The number of carbonyl (C=O) groups is 4. The molecular weight excluding hydrogens is 985 g/mol. The highest BCUT2D eigenvalue weighted by Crippen LogP contribution is 2.45. The van der Waals surface area contributed by atoms with E-state index in [9.17, 15) is 19.2 Å². The molecular formula is C62H70N4O8Si2. The highest BCUT2D eigenvalue weighted by Gasteiger charge is 2.28. The van der Waals surface area contributed by atoms with E-state index in [-0.39, 0.29) is 49.6 Å². The van der Waals surface area contributed by atoms with Crippen LogP contribution >= 0.6 is 0 Å². The summed E-state index contributed by atoms with van der Waals surface area (Å²) in [6.45, 7) is 21.5. The maximum Gasteiger partial charge on any atom is 0.305 e. The third-order valence-electron chi connectivity index (χ3n) is 13.8. The number of ether oxygens (including phenoxy) is 4. The molecule has 76 heavy (non-hydrogen) atoms. The van der Waals surface area contributed by atoms with Crippen LogP contribution < -0.4 is 0 Å². The summed E-state index contributed by atoms with van der Waals surface area (Å²) >= 11 is 0. The lowest BCUT2D eigenvalue weighted by Crippen LogP contribution is -2.16. The molecule has 2 aliphatic rings. The van der Waals surface area contributed by atoms with E-state index in [1.54, 1.807) is 0 Å². The van der Waals surface area contributed by atoms with Crippen molar-refractivity contribution in [3.8, 4) is 45.2 Å². The summed E-state index contributed by atoms with van der Waals surface area (Å²) in [6.07, 6.45) is 1.81. The number of hydrogen-bond acceptors (Lipinski definition) is 10. The molecule has 5 aromatic rings. The highest BCUT2D eigenvalue weighted by molar-refractivity contribution is 6.84. The summed E-state index contributed by atoms with van der Waals surface area (Å²) in [7, 11) is 2.04. The molecule has 0 fully saturated rings. The van der Waals surface area contributed by atoms with E-state index in [1.165, 1.54) is 28.4 Å². The van der Waals surface area contributed by atoms with Gasteiger partial charge in [0.2, 0.25) is 0 Å². The van der Waals surface area contributed by atoms with Crippen LogP contribution in [0.2, 0.25) is 39.3 Å². The molecule has 7 rings (SSSR count). The zero-order valence-electron chi connectivity index (χ0n) is 46.6. The fourth-order valence-corrected chi connectivity index (χ4v) is 10.7. The lowest BCUT2D eigenvalue weighted by Gasteiger charge is -2.10. The number of methoxy groups -OCH3 is 4. The van der Waals surface area contributed by atoms with Gasteiger partial charge in [0.15, 0.2) is 0 Å². The van der Waals surface area contributed by atoms with Crippen LogP contribution in [0.3, 0.4) is 0 Å². The molecule has 0 unspecified atom stereocenters. The second kappa shape index (κ2) is 23.6. The molecule has 5 heterocycles. The number of H-pyrrole nitrogens is 2. The molecule has 14 heteroatoms. The average molecular weight is 1060 g/mol. The Hall–Kier alpha value is -7.53. The summed E-state index contributed by atoms with van der Waals surface area (Å²) in [5.74, 6) is 5.53. The normalized spacial score (nSPS) is 12.4. The Morgan fingerprint density at radius 2 is 0.855 bits per heavy atom. The molecule has 8 bridgehead atoms. The Balaban J connectivity index is 1.77. The summed E-state index contributed by atoms with van der Waals surface area (Å²) in [5, 5.41) is 0. The van der Waals surface area contributed by atoms with Gasteiger partial charge in [-0.2, -0.15) is 0 Å². The van der Waals surface area contributed by atoms with Crippen molar-refractivity contribution in [1.82, 2.24) is 19.9 Å². The van der Waals surface area contributed by atoms with Gasteiger partial charge < -0.3 is 28.9 Å². The fourth-order valence-electron chi connectivity index (χ4n) is 9.69. The maximum absolute atomic E-state index is 13.0. The molecule has 2 aromatic carbocycles. The van der Waals surface area contributed by atoms with Crippen molar-refractivity contribution < 1.29 is 38.1 Å². The van der Waals surface area contributed by atoms with E-state index in [1.807, 2.05) is 44.2 Å². The Morgan fingerprint density at radius 3 is 1.20 bits per heavy atom. The smallest absolute Gasteiger partial charge is 0.305 e. The van der Waals surface area contributed by atoms with Crippen molar-refractivity contribution >= 4 is 84.4 Å². The second-order valence-electron chi connectivity index (χ2n) is 21.4. The topological polar surface area (TPSA) is 163 Å². The van der Waals surface area contributed by atoms with Gasteiger partial charge in [0.05, 0.1) is 62.2 Å². The molecule has 3 aromatic heterocycles. The summed E-state index contributed by atoms with van der Waals surface area (Å²) in [6, 6.07) is 20.4. The van der Waals surface area contributed by atoms with Crippen LogP contribution in [-0.4, -0.2) is 88.4 Å². The van der Waals surface area contributed by atoms with E-state index in [0.717, 1.165) is 100.0 Å². The lowest BCUT2D eigenvalue weighted by molar-refractivity contribution is -0.141. The molecule has 12 nitrogen and oxygen atoms in total. The standard InChI is InChI=1S/C62H70N4O8Si2/c1-37-45(21-25-53(67)71-5)49-35-50-47(23-27-55(69)73-7)39(3)61(65-50)58(44-20-16-18-42(34-44)30-32-76(12,13)14)62-40(4)48(24-28-56(70)74-8)52(66-62)36-51-46(22-26-54(68)72-6)38(2)60(64-51)57(59(37)63-49)43-19-15-17-41(33-43)29-31-75(9,10)11/h15-20,33-36,63,65H,21-28H2,1-14H3. The van der Waals surface area contributed by atoms with Crippen molar-refractivity contribution in [3.05, 3.63) is 117 Å². The molecule has 0 amide bonds. The number of aromatic nitrogens is 4. The number of rotatable bonds is 14. The van der Waals surface area contributed by atoms with E-state index in [0.29, 0.717) is 48.5 Å². The maximum atomic E-state index is 13.0. The molecule has 0 radical (unpaired) electrons. The number of nitrogens with one attached hydrogen (secondary N) is 2. The minimum absolute atomic E-state index is 0.105. The predicted molar refractivity (Wildman–Crippen MR) is 310 cm³/mol. The van der Waals surface area contributed by atoms with Gasteiger partial charge in [-0.3, -0.25) is 19.2 Å². The number of allylic oxidation sites excluding steroid dienone is 4. The molecule has 2 N–H and O–H groups in total. The quantitative estimate of drug-likeness (QED) is 0.0474. The van der Waals surface area contributed by atoms with Crippen LogP contribution in [-0.2, 0) is 51.0 Å². The van der Waals surface area contributed by atoms with Gasteiger partial charge in [0.25, 0.3) is 0 Å². The number of aryl methyl sites for hydroxylation is 4. The first kappa shape index (κ1) is 56.2. The van der Waals surface area contributed by atoms with Crippen molar-refractivity contribution in [2.45, 2.75) is 118 Å². The molecule has 0 saturated heterocycles. The van der Waals surface area contributed by atoms with Crippen LogP contribution in [0.1, 0.15) is 109 Å². The monoisotopic (exact) mass is 1050 g/mol. The van der Waals surface area contributed by atoms with Gasteiger partial charge in [0, 0.05) is 59.0 Å². The van der Waals surface area contributed by atoms with Gasteiger partial charge in [0.1, 0.15) is 16.1 Å². The summed E-state index contributed by atoms with van der Waals surface area (Å²) < 4.78 is 20.8. The van der Waals surface area contributed by atoms with Crippen LogP contribution in [0.15, 0.2) is 60.7 Å². The first-order valence-electron chi connectivity index (χ1n) is 25.8. The molecule has 0 saturated carbocycles. The Kier molecular flexibility index (Phi) is 17.4. The predicted octanol–water partition coefficient (Wildman–Crippen LogP) is 12.7. The van der Waals surface area contributed by atoms with Crippen LogP contribution in [0.25, 0.3) is 66.6 Å². The number of aromatic amines is 2. The van der Waals surface area contributed by atoms with Crippen LogP contribution in [0, 0.1) is 36.8 Å². The summed E-state index contributed by atoms with van der Waals surface area (Å²) in [4.78, 5) is 70.9. The van der Waals surface area contributed by atoms with Gasteiger partial charge in [-0.25, -0.2) is 9.97 Å². The minimum Gasteiger partial charge on any atom is -0.469 e. The van der Waals surface area contributed by atoms with Gasteiger partial charge in [-0.15, -0.1) is 11.1 Å². The molecule has 0 spiro atoms. The molecule has 394 valence electrons. The largest absolute Gasteiger partial charge is 0.469 e. The number of carbonyl (C=O) groups excluding carboxylic acids is 4. The van der Waals surface area contributed by atoms with E-state index in [4.69, 9.17) is 28.9 Å². The average Bonchev–Trinajstić information content (AvgIpc) is 4.07. The number of fused-ring (bicyclic) bond motifs is 8. The van der Waals surface area contributed by atoms with Gasteiger partial charge >= 0.3 is 23.9 Å². The number of benzene rings is 2. The first-order valence-corrected chi connectivity index (χ1v) is 32.8. The van der Waals surface area contributed by atoms with Crippen molar-refractivity contribution in [2.75, 3.05) is 28.4 Å². The molecule has 0 atom stereocenters. The Labute approximate surface area is 449 Å². The zero-order chi connectivity index (χ0) is 55.2. The van der Waals surface area contributed by atoms with Crippen molar-refractivity contribution in [1.29, 1.82) is 0 Å². The zero-order valence-corrected chi connectivity index (χ0v) is 48.6. The minimum atomic E-state index is -1.76. The lowest BCUT2D eigenvalue weighted by atomic mass is 9.93.